The molecule has 0 aliphatic carbocycles. The molecule has 7 heteroatoms. The first kappa shape index (κ1) is 19.5. The highest BCUT2D eigenvalue weighted by molar-refractivity contribution is 7.99. The number of hydrogen-bond donors (Lipinski definition) is 1. The molecule has 3 aromatic carbocycles. The minimum absolute atomic E-state index is 0.146. The number of rotatable bonds is 6. The summed E-state index contributed by atoms with van der Waals surface area (Å²) in [5.41, 5.74) is 5.69. The zero-order chi connectivity index (χ0) is 21.0. The van der Waals surface area contributed by atoms with Crippen molar-refractivity contribution in [3.8, 4) is 22.4 Å². The van der Waals surface area contributed by atoms with Crippen molar-refractivity contribution >= 4 is 45.2 Å². The van der Waals surface area contributed by atoms with Gasteiger partial charge < -0.3 is 9.73 Å². The fourth-order valence-corrected chi connectivity index (χ4v) is 4.50. The summed E-state index contributed by atoms with van der Waals surface area (Å²) >= 11 is 2.67. The molecule has 0 atom stereocenters. The van der Waals surface area contributed by atoms with Crippen LogP contribution in [0.4, 0.5) is 5.13 Å². The molecule has 5 nitrogen and oxygen atoms in total. The van der Waals surface area contributed by atoms with E-state index in [2.05, 4.69) is 39.6 Å². The number of carbonyl (C=O) groups excluding carboxylic acids is 1. The van der Waals surface area contributed by atoms with Gasteiger partial charge in [0.05, 0.1) is 11.4 Å². The van der Waals surface area contributed by atoms with Gasteiger partial charge in [-0.05, 0) is 23.3 Å². The maximum atomic E-state index is 12.3. The van der Waals surface area contributed by atoms with Crippen molar-refractivity contribution in [2.75, 3.05) is 11.1 Å². The van der Waals surface area contributed by atoms with Crippen LogP contribution in [0.1, 0.15) is 0 Å². The van der Waals surface area contributed by atoms with Crippen molar-refractivity contribution in [3.63, 3.8) is 0 Å². The molecule has 0 aliphatic rings. The third-order valence-corrected chi connectivity index (χ3v) is 6.23. The highest BCUT2D eigenvalue weighted by Gasteiger charge is 2.12. The molecule has 0 bridgehead atoms. The van der Waals surface area contributed by atoms with Gasteiger partial charge in [0.25, 0.3) is 5.22 Å². The molecule has 0 aliphatic heterocycles. The molecule has 0 saturated carbocycles. The Labute approximate surface area is 187 Å². The molecule has 5 aromatic rings. The standard InChI is InChI=1S/C24H17N3O2S2/c28-22(15-31-24-26-19-8-4-5-9-21(19)29-24)27-23-25-20(14-30-23)18-12-10-17(11-13-18)16-6-2-1-3-7-16/h1-14H,15H2,(H,25,27,28). The largest absolute Gasteiger partial charge is 0.431 e. The van der Waals surface area contributed by atoms with Gasteiger partial charge in [-0.25, -0.2) is 9.97 Å². The Morgan fingerprint density at radius 2 is 1.58 bits per heavy atom. The number of nitrogens with zero attached hydrogens (tertiary/aromatic N) is 2. The Bertz CT molecular complexity index is 1290. The van der Waals surface area contributed by atoms with E-state index in [0.717, 1.165) is 22.3 Å². The molecule has 31 heavy (non-hydrogen) atoms. The monoisotopic (exact) mass is 443 g/mol. The number of benzene rings is 3. The number of amides is 1. The zero-order valence-electron chi connectivity index (χ0n) is 16.3. The lowest BCUT2D eigenvalue weighted by molar-refractivity contribution is -0.113. The fraction of sp³-hybridized carbons (Fsp3) is 0.0417. The molecule has 0 unspecified atom stereocenters. The Morgan fingerprint density at radius 3 is 2.39 bits per heavy atom. The fourth-order valence-electron chi connectivity index (χ4n) is 3.12. The summed E-state index contributed by atoms with van der Waals surface area (Å²) in [5.74, 6) is 0.0561. The van der Waals surface area contributed by atoms with Gasteiger partial charge in [-0.15, -0.1) is 11.3 Å². The lowest BCUT2D eigenvalue weighted by Crippen LogP contribution is -2.13. The van der Waals surface area contributed by atoms with E-state index in [-0.39, 0.29) is 11.7 Å². The van der Waals surface area contributed by atoms with Gasteiger partial charge in [0, 0.05) is 10.9 Å². The van der Waals surface area contributed by atoms with E-state index < -0.39 is 0 Å². The SMILES string of the molecule is O=C(CSc1nc2ccccc2o1)Nc1nc(-c2ccc(-c3ccccc3)cc2)cs1. The third kappa shape index (κ3) is 4.52. The average molecular weight is 444 g/mol. The van der Waals surface area contributed by atoms with Crippen LogP contribution in [0.15, 0.2) is 93.9 Å². The van der Waals surface area contributed by atoms with Crippen LogP contribution < -0.4 is 5.32 Å². The predicted octanol–water partition coefficient (Wildman–Crippen LogP) is 6.35. The van der Waals surface area contributed by atoms with E-state index in [0.29, 0.717) is 15.9 Å². The van der Waals surface area contributed by atoms with Crippen LogP contribution in [0.25, 0.3) is 33.5 Å². The van der Waals surface area contributed by atoms with Crippen molar-refractivity contribution in [3.05, 3.63) is 84.2 Å². The number of aromatic nitrogens is 2. The van der Waals surface area contributed by atoms with E-state index in [1.54, 1.807) is 0 Å². The lowest BCUT2D eigenvalue weighted by Gasteiger charge is -2.03. The van der Waals surface area contributed by atoms with Gasteiger partial charge in [-0.3, -0.25) is 4.79 Å². The average Bonchev–Trinajstić information content (AvgIpc) is 3.45. The zero-order valence-corrected chi connectivity index (χ0v) is 18.0. The third-order valence-electron chi connectivity index (χ3n) is 4.64. The van der Waals surface area contributed by atoms with Gasteiger partial charge >= 0.3 is 0 Å². The Balaban J connectivity index is 1.20. The predicted molar refractivity (Wildman–Crippen MR) is 126 cm³/mol. The first-order valence-electron chi connectivity index (χ1n) is 9.64. The normalized spacial score (nSPS) is 11.0. The van der Waals surface area contributed by atoms with Crippen LogP contribution >= 0.6 is 23.1 Å². The highest BCUT2D eigenvalue weighted by atomic mass is 32.2. The van der Waals surface area contributed by atoms with Crippen molar-refractivity contribution in [1.82, 2.24) is 9.97 Å². The second kappa shape index (κ2) is 8.75. The van der Waals surface area contributed by atoms with E-state index in [9.17, 15) is 4.79 Å². The number of para-hydroxylation sites is 2. The van der Waals surface area contributed by atoms with Gasteiger partial charge in [0.1, 0.15) is 5.52 Å². The minimum atomic E-state index is -0.146. The summed E-state index contributed by atoms with van der Waals surface area (Å²) in [7, 11) is 0. The van der Waals surface area contributed by atoms with Crippen LogP contribution in [0, 0.1) is 0 Å². The number of fused-ring (bicyclic) bond motifs is 1. The maximum absolute atomic E-state index is 12.3. The molecule has 0 spiro atoms. The summed E-state index contributed by atoms with van der Waals surface area (Å²) in [5, 5.41) is 5.85. The summed E-state index contributed by atoms with van der Waals surface area (Å²) in [6.45, 7) is 0. The topological polar surface area (TPSA) is 68.0 Å². The summed E-state index contributed by atoms with van der Waals surface area (Å²) in [4.78, 5) is 21.2. The van der Waals surface area contributed by atoms with Crippen LogP contribution in [0.3, 0.4) is 0 Å². The molecule has 2 heterocycles. The number of oxazole rings is 1. The summed E-state index contributed by atoms with van der Waals surface area (Å²) in [6.07, 6.45) is 0. The van der Waals surface area contributed by atoms with Crippen LogP contribution in [0.5, 0.6) is 0 Å². The smallest absolute Gasteiger partial charge is 0.257 e. The summed E-state index contributed by atoms with van der Waals surface area (Å²) in [6, 6.07) is 26.0. The molecule has 0 fully saturated rings. The lowest BCUT2D eigenvalue weighted by atomic mass is 10.0. The molecule has 0 radical (unpaired) electrons. The van der Waals surface area contributed by atoms with Crippen molar-refractivity contribution in [1.29, 1.82) is 0 Å². The number of carbonyl (C=O) groups is 1. The molecular weight excluding hydrogens is 426 g/mol. The number of thioether (sulfide) groups is 1. The van der Waals surface area contributed by atoms with E-state index >= 15 is 0 Å². The highest BCUT2D eigenvalue weighted by Crippen LogP contribution is 2.28. The number of nitrogens with one attached hydrogen (secondary N) is 1. The Morgan fingerprint density at radius 1 is 0.871 bits per heavy atom. The maximum Gasteiger partial charge on any atom is 0.257 e. The van der Waals surface area contributed by atoms with E-state index in [4.69, 9.17) is 4.42 Å². The number of hydrogen-bond acceptors (Lipinski definition) is 6. The first-order valence-corrected chi connectivity index (χ1v) is 11.5. The van der Waals surface area contributed by atoms with Crippen molar-refractivity contribution in [2.45, 2.75) is 5.22 Å². The molecule has 1 amide bonds. The van der Waals surface area contributed by atoms with Gasteiger partial charge in [0.15, 0.2) is 10.7 Å². The summed E-state index contributed by atoms with van der Waals surface area (Å²) < 4.78 is 5.63. The van der Waals surface area contributed by atoms with Gasteiger partial charge in [-0.2, -0.15) is 0 Å². The molecule has 2 aromatic heterocycles. The van der Waals surface area contributed by atoms with Crippen molar-refractivity contribution in [2.24, 2.45) is 0 Å². The van der Waals surface area contributed by atoms with Gasteiger partial charge in [0.2, 0.25) is 5.91 Å². The van der Waals surface area contributed by atoms with Crippen LogP contribution in [-0.2, 0) is 4.79 Å². The minimum Gasteiger partial charge on any atom is -0.431 e. The molecular formula is C24H17N3O2S2. The second-order valence-electron chi connectivity index (χ2n) is 6.77. The quantitative estimate of drug-likeness (QED) is 0.310. The van der Waals surface area contributed by atoms with Crippen LogP contribution in [0.2, 0.25) is 0 Å². The number of anilines is 1. The Kier molecular flexibility index (Phi) is 5.52. The Hall–Kier alpha value is -3.42. The van der Waals surface area contributed by atoms with E-state index in [1.807, 2.05) is 60.0 Å². The first-order chi connectivity index (χ1) is 15.2. The molecule has 0 saturated heterocycles. The molecule has 152 valence electrons. The molecule has 1 N–H and O–H groups in total. The van der Waals surface area contributed by atoms with E-state index in [1.165, 1.54) is 28.7 Å². The molecule has 5 rings (SSSR count). The second-order valence-corrected chi connectivity index (χ2v) is 8.55. The van der Waals surface area contributed by atoms with Gasteiger partial charge in [-0.1, -0.05) is 78.5 Å². The number of thiazole rings is 1. The van der Waals surface area contributed by atoms with Crippen molar-refractivity contribution < 1.29 is 9.21 Å². The van der Waals surface area contributed by atoms with Crippen LogP contribution in [-0.4, -0.2) is 21.6 Å².